The lowest BCUT2D eigenvalue weighted by molar-refractivity contribution is -0.120. The van der Waals surface area contributed by atoms with Gasteiger partial charge in [0.15, 0.2) is 11.7 Å². The number of thiazole rings is 1. The minimum Gasteiger partial charge on any atom is -0.484 e. The second-order valence-electron chi connectivity index (χ2n) is 8.36. The SMILES string of the molecule is CCc1ccc2nc(N(CCCn3ccnc3)C(=O)COc3ccc(C(C)C)cc3)sc2c1.Cl. The van der Waals surface area contributed by atoms with Crippen LogP contribution in [0.4, 0.5) is 5.13 Å². The van der Waals surface area contributed by atoms with Gasteiger partial charge in [-0.05, 0) is 54.2 Å². The fourth-order valence-corrected chi connectivity index (χ4v) is 4.69. The van der Waals surface area contributed by atoms with E-state index in [1.165, 1.54) is 11.1 Å². The van der Waals surface area contributed by atoms with Crippen molar-refractivity contribution in [3.05, 3.63) is 72.3 Å². The summed E-state index contributed by atoms with van der Waals surface area (Å²) in [6.45, 7) is 7.77. The molecule has 34 heavy (non-hydrogen) atoms. The molecule has 2 aromatic heterocycles. The van der Waals surface area contributed by atoms with Crippen LogP contribution in [0.5, 0.6) is 5.75 Å². The van der Waals surface area contributed by atoms with Crippen molar-refractivity contribution in [1.29, 1.82) is 0 Å². The molecule has 0 aliphatic carbocycles. The van der Waals surface area contributed by atoms with Crippen LogP contribution in [0, 0.1) is 0 Å². The van der Waals surface area contributed by atoms with E-state index in [0.29, 0.717) is 23.3 Å². The molecule has 6 nitrogen and oxygen atoms in total. The van der Waals surface area contributed by atoms with Gasteiger partial charge in [-0.2, -0.15) is 0 Å². The van der Waals surface area contributed by atoms with Gasteiger partial charge in [-0.25, -0.2) is 9.97 Å². The van der Waals surface area contributed by atoms with E-state index in [4.69, 9.17) is 9.72 Å². The molecule has 0 atom stereocenters. The molecule has 2 heterocycles. The molecule has 0 spiro atoms. The van der Waals surface area contributed by atoms with Crippen LogP contribution in [0.15, 0.2) is 61.2 Å². The summed E-state index contributed by atoms with van der Waals surface area (Å²) in [7, 11) is 0. The van der Waals surface area contributed by atoms with Gasteiger partial charge in [0, 0.05) is 25.5 Å². The van der Waals surface area contributed by atoms with Gasteiger partial charge in [-0.15, -0.1) is 12.4 Å². The first kappa shape index (κ1) is 25.7. The molecular weight excluding hydrogens is 468 g/mol. The van der Waals surface area contributed by atoms with Crippen molar-refractivity contribution in [2.75, 3.05) is 18.1 Å². The Morgan fingerprint density at radius 2 is 1.97 bits per heavy atom. The van der Waals surface area contributed by atoms with Crippen LogP contribution in [0.2, 0.25) is 0 Å². The summed E-state index contributed by atoms with van der Waals surface area (Å²) >= 11 is 1.56. The van der Waals surface area contributed by atoms with Gasteiger partial charge in [0.2, 0.25) is 0 Å². The van der Waals surface area contributed by atoms with Crippen molar-refractivity contribution in [3.63, 3.8) is 0 Å². The van der Waals surface area contributed by atoms with Crippen molar-refractivity contribution in [2.24, 2.45) is 0 Å². The molecule has 4 aromatic rings. The predicted octanol–water partition coefficient (Wildman–Crippen LogP) is 6.10. The number of carbonyl (C=O) groups is 1. The molecule has 0 N–H and O–H groups in total. The number of rotatable bonds is 10. The molecular formula is C26H31ClN4O2S. The first-order chi connectivity index (χ1) is 16.0. The maximum absolute atomic E-state index is 13.2. The normalized spacial score (nSPS) is 10.9. The zero-order valence-electron chi connectivity index (χ0n) is 19.8. The average Bonchev–Trinajstić information content (AvgIpc) is 3.49. The highest BCUT2D eigenvalue weighted by Crippen LogP contribution is 2.30. The van der Waals surface area contributed by atoms with E-state index in [1.54, 1.807) is 28.8 Å². The topological polar surface area (TPSA) is 60.2 Å². The molecule has 0 fully saturated rings. The summed E-state index contributed by atoms with van der Waals surface area (Å²) in [4.78, 5) is 23.8. The maximum Gasteiger partial charge on any atom is 0.266 e. The summed E-state index contributed by atoms with van der Waals surface area (Å²) in [6, 6.07) is 14.2. The molecule has 8 heteroatoms. The Hall–Kier alpha value is -2.90. The summed E-state index contributed by atoms with van der Waals surface area (Å²) < 4.78 is 8.95. The highest BCUT2D eigenvalue weighted by Gasteiger charge is 2.20. The second kappa shape index (κ2) is 12.0. The van der Waals surface area contributed by atoms with Crippen molar-refractivity contribution in [3.8, 4) is 5.75 Å². The largest absolute Gasteiger partial charge is 0.484 e. The zero-order valence-corrected chi connectivity index (χ0v) is 21.4. The molecule has 4 rings (SSSR count). The van der Waals surface area contributed by atoms with Gasteiger partial charge in [0.1, 0.15) is 5.75 Å². The number of hydrogen-bond donors (Lipinski definition) is 0. The summed E-state index contributed by atoms with van der Waals surface area (Å²) in [5, 5.41) is 0.715. The Balaban J connectivity index is 0.00000324. The van der Waals surface area contributed by atoms with Gasteiger partial charge >= 0.3 is 0 Å². The predicted molar refractivity (Wildman–Crippen MR) is 141 cm³/mol. The number of hydrogen-bond acceptors (Lipinski definition) is 5. The van der Waals surface area contributed by atoms with E-state index in [2.05, 4.69) is 37.9 Å². The number of aryl methyl sites for hydroxylation is 2. The fourth-order valence-electron chi connectivity index (χ4n) is 3.62. The molecule has 180 valence electrons. The third-order valence-corrected chi connectivity index (χ3v) is 6.69. The van der Waals surface area contributed by atoms with Gasteiger partial charge in [-0.3, -0.25) is 9.69 Å². The lowest BCUT2D eigenvalue weighted by Gasteiger charge is -2.20. The molecule has 2 aromatic carbocycles. The van der Waals surface area contributed by atoms with Crippen LogP contribution in [0.3, 0.4) is 0 Å². The van der Waals surface area contributed by atoms with Crippen molar-refractivity contribution in [1.82, 2.24) is 14.5 Å². The first-order valence-electron chi connectivity index (χ1n) is 11.4. The Labute approximate surface area is 211 Å². The van der Waals surface area contributed by atoms with Crippen LogP contribution in [-0.4, -0.2) is 33.6 Å². The quantitative estimate of drug-likeness (QED) is 0.265. The second-order valence-corrected chi connectivity index (χ2v) is 9.37. The molecule has 0 saturated heterocycles. The Morgan fingerprint density at radius 1 is 1.18 bits per heavy atom. The van der Waals surface area contributed by atoms with Gasteiger partial charge in [0.05, 0.1) is 16.5 Å². The number of fused-ring (bicyclic) bond motifs is 1. The summed E-state index contributed by atoms with van der Waals surface area (Å²) in [5.74, 6) is 1.06. The van der Waals surface area contributed by atoms with Crippen LogP contribution >= 0.6 is 23.7 Å². The lowest BCUT2D eigenvalue weighted by atomic mass is 10.0. The van der Waals surface area contributed by atoms with E-state index in [9.17, 15) is 4.79 Å². The Bertz CT molecular complexity index is 1190. The molecule has 0 aliphatic rings. The molecule has 0 bridgehead atoms. The molecule has 0 saturated carbocycles. The number of halogens is 1. The Kier molecular flexibility index (Phi) is 9.07. The lowest BCUT2D eigenvalue weighted by Crippen LogP contribution is -2.36. The van der Waals surface area contributed by atoms with Crippen LogP contribution in [0.1, 0.15) is 44.2 Å². The monoisotopic (exact) mass is 498 g/mol. The molecule has 0 unspecified atom stereocenters. The fraction of sp³-hybridized carbons (Fsp3) is 0.346. The standard InChI is InChI=1S/C26H30N4O2S.ClH/c1-4-20-6-11-23-24(16-20)33-26(28-23)30(14-5-13-29-15-12-27-18-29)25(31)17-32-22-9-7-21(8-10-22)19(2)3;/h6-12,15-16,18-19H,4-5,13-14,17H2,1-3H3;1H. The van der Waals surface area contributed by atoms with E-state index < -0.39 is 0 Å². The summed E-state index contributed by atoms with van der Waals surface area (Å²) in [6.07, 6.45) is 7.25. The number of carbonyl (C=O) groups excluding carboxylic acids is 1. The number of amides is 1. The zero-order chi connectivity index (χ0) is 23.2. The smallest absolute Gasteiger partial charge is 0.266 e. The van der Waals surface area contributed by atoms with Crippen LogP contribution < -0.4 is 9.64 Å². The van der Waals surface area contributed by atoms with Crippen LogP contribution in [-0.2, 0) is 17.8 Å². The first-order valence-corrected chi connectivity index (χ1v) is 12.2. The third kappa shape index (κ3) is 6.36. The maximum atomic E-state index is 13.2. The third-order valence-electron chi connectivity index (χ3n) is 5.65. The van der Waals surface area contributed by atoms with Gasteiger partial charge in [-0.1, -0.05) is 50.3 Å². The molecule has 0 aliphatic heterocycles. The summed E-state index contributed by atoms with van der Waals surface area (Å²) in [5.41, 5.74) is 3.43. The number of ether oxygens (including phenoxy) is 1. The van der Waals surface area contributed by atoms with E-state index >= 15 is 0 Å². The Morgan fingerprint density at radius 3 is 2.65 bits per heavy atom. The highest BCUT2D eigenvalue weighted by atomic mass is 35.5. The average molecular weight is 499 g/mol. The van der Waals surface area contributed by atoms with E-state index in [-0.39, 0.29) is 24.9 Å². The van der Waals surface area contributed by atoms with Crippen molar-refractivity contribution in [2.45, 2.75) is 46.1 Å². The van der Waals surface area contributed by atoms with Crippen molar-refractivity contribution >= 4 is 45.0 Å². The van der Waals surface area contributed by atoms with Crippen LogP contribution in [0.25, 0.3) is 10.2 Å². The minimum atomic E-state index is -0.0941. The number of aromatic nitrogens is 3. The number of benzene rings is 2. The number of anilines is 1. The van der Waals surface area contributed by atoms with Crippen molar-refractivity contribution < 1.29 is 9.53 Å². The number of nitrogens with zero attached hydrogens (tertiary/aromatic N) is 4. The highest BCUT2D eigenvalue weighted by molar-refractivity contribution is 7.22. The molecule has 0 radical (unpaired) electrons. The number of imidazole rings is 1. The van der Waals surface area contributed by atoms with E-state index in [1.807, 2.05) is 41.1 Å². The minimum absolute atomic E-state index is 0. The van der Waals surface area contributed by atoms with Gasteiger partial charge in [0.25, 0.3) is 5.91 Å². The molecule has 1 amide bonds. The van der Waals surface area contributed by atoms with E-state index in [0.717, 1.165) is 29.6 Å². The van der Waals surface area contributed by atoms with Gasteiger partial charge < -0.3 is 9.30 Å².